The fourth-order valence-electron chi connectivity index (χ4n) is 1.92. The number of hydrogen-bond donors (Lipinski definition) is 0. The molecule has 1 saturated heterocycles. The summed E-state index contributed by atoms with van der Waals surface area (Å²) in [6.07, 6.45) is 0. The van der Waals surface area contributed by atoms with E-state index in [1.54, 1.807) is 0 Å². The molecule has 0 radical (unpaired) electrons. The van der Waals surface area contributed by atoms with Gasteiger partial charge in [-0.25, -0.2) is 4.67 Å². The molecular formula is C13H29N2O2P. The van der Waals surface area contributed by atoms with Crippen LogP contribution in [0.3, 0.4) is 0 Å². The Kier molecular flexibility index (Phi) is 5.43. The molecule has 4 nitrogen and oxygen atoms in total. The maximum Gasteiger partial charge on any atom is 0.274 e. The second-order valence-corrected chi connectivity index (χ2v) is 9.73. The summed E-state index contributed by atoms with van der Waals surface area (Å²) in [7, 11) is -0.578. The van der Waals surface area contributed by atoms with Gasteiger partial charge in [0.15, 0.2) is 0 Å². The molecule has 0 amide bonds. The fraction of sp³-hybridized carbons (Fsp3) is 1.00. The Bertz CT molecular complexity index is 305. The Hall–Kier alpha value is 0.110. The van der Waals surface area contributed by atoms with Gasteiger partial charge < -0.3 is 9.42 Å². The average Bonchev–Trinajstić information content (AvgIpc) is 2.25. The third kappa shape index (κ3) is 4.34. The lowest BCUT2D eigenvalue weighted by atomic mass is 9.99. The van der Waals surface area contributed by atoms with Gasteiger partial charge in [-0.2, -0.15) is 0 Å². The highest BCUT2D eigenvalue weighted by molar-refractivity contribution is 7.57. The molecule has 0 bridgehead atoms. The first-order chi connectivity index (χ1) is 8.15. The number of nitrogens with zero attached hydrogens (tertiary/aromatic N) is 2. The standard InChI is InChI=1S/C13H29N2O2P/c1-12(2)18(16,17-11-13(3,4)5)15-9-7-14(6)8-10-15/h12H,7-11H2,1-6H3. The molecule has 5 heteroatoms. The van der Waals surface area contributed by atoms with E-state index in [9.17, 15) is 4.57 Å². The molecule has 1 aliphatic heterocycles. The van der Waals surface area contributed by atoms with Crippen molar-refractivity contribution in [3.8, 4) is 0 Å². The minimum atomic E-state index is -2.68. The minimum absolute atomic E-state index is 0.0527. The van der Waals surface area contributed by atoms with Crippen molar-refractivity contribution >= 4 is 7.52 Å². The summed E-state index contributed by atoms with van der Waals surface area (Å²) in [6.45, 7) is 14.5. The van der Waals surface area contributed by atoms with Crippen LogP contribution in [-0.4, -0.2) is 55.1 Å². The highest BCUT2D eigenvalue weighted by Gasteiger charge is 2.37. The second kappa shape index (κ2) is 6.04. The highest BCUT2D eigenvalue weighted by atomic mass is 31.2. The van der Waals surface area contributed by atoms with E-state index >= 15 is 0 Å². The van der Waals surface area contributed by atoms with E-state index in [-0.39, 0.29) is 11.1 Å². The zero-order valence-electron chi connectivity index (χ0n) is 12.8. The molecule has 1 aliphatic rings. The van der Waals surface area contributed by atoms with E-state index in [4.69, 9.17) is 4.52 Å². The van der Waals surface area contributed by atoms with Gasteiger partial charge in [-0.05, 0) is 12.5 Å². The summed E-state index contributed by atoms with van der Waals surface area (Å²) in [5.41, 5.74) is 0.111. The van der Waals surface area contributed by atoms with Gasteiger partial charge in [-0.1, -0.05) is 34.6 Å². The minimum Gasteiger partial charge on any atom is -0.317 e. The molecule has 0 saturated carbocycles. The SMILES string of the molecule is CC(C)P(=O)(OCC(C)(C)C)N1CCN(C)CC1. The molecule has 1 unspecified atom stereocenters. The second-order valence-electron chi connectivity index (χ2n) is 6.75. The van der Waals surface area contributed by atoms with E-state index in [0.717, 1.165) is 26.2 Å². The molecular weight excluding hydrogens is 247 g/mol. The molecule has 1 atom stereocenters. The van der Waals surface area contributed by atoms with Crippen LogP contribution in [0.2, 0.25) is 0 Å². The van der Waals surface area contributed by atoms with Crippen molar-refractivity contribution in [1.29, 1.82) is 0 Å². The Morgan fingerprint density at radius 1 is 1.17 bits per heavy atom. The van der Waals surface area contributed by atoms with Crippen LogP contribution >= 0.6 is 7.52 Å². The predicted octanol–water partition coefficient (Wildman–Crippen LogP) is 2.90. The van der Waals surface area contributed by atoms with Crippen LogP contribution in [0.5, 0.6) is 0 Å². The van der Waals surface area contributed by atoms with Gasteiger partial charge in [-0.15, -0.1) is 0 Å². The zero-order valence-corrected chi connectivity index (χ0v) is 13.7. The lowest BCUT2D eigenvalue weighted by Crippen LogP contribution is -2.44. The lowest BCUT2D eigenvalue weighted by molar-refractivity contribution is 0.152. The number of likely N-dealkylation sites (N-methyl/N-ethyl adjacent to an activating group) is 1. The Labute approximate surface area is 112 Å². The highest BCUT2D eigenvalue weighted by Crippen LogP contribution is 2.56. The molecule has 18 heavy (non-hydrogen) atoms. The summed E-state index contributed by atoms with van der Waals surface area (Å²) in [4.78, 5) is 2.27. The summed E-state index contributed by atoms with van der Waals surface area (Å²) in [5.74, 6) is 0. The topological polar surface area (TPSA) is 32.8 Å². The average molecular weight is 276 g/mol. The van der Waals surface area contributed by atoms with Gasteiger partial charge in [-0.3, -0.25) is 4.57 Å². The van der Waals surface area contributed by atoms with Crippen LogP contribution in [0.4, 0.5) is 0 Å². The lowest BCUT2D eigenvalue weighted by Gasteiger charge is -2.39. The molecule has 0 N–H and O–H groups in total. The summed E-state index contributed by atoms with van der Waals surface area (Å²) in [6, 6.07) is 0. The van der Waals surface area contributed by atoms with E-state index in [1.807, 2.05) is 13.8 Å². The van der Waals surface area contributed by atoms with E-state index < -0.39 is 7.52 Å². The number of piperazine rings is 1. The quantitative estimate of drug-likeness (QED) is 0.739. The molecule has 1 rings (SSSR count). The maximum atomic E-state index is 13.1. The van der Waals surface area contributed by atoms with Crippen LogP contribution in [0.1, 0.15) is 34.6 Å². The van der Waals surface area contributed by atoms with Gasteiger partial charge in [0.2, 0.25) is 0 Å². The van der Waals surface area contributed by atoms with Gasteiger partial charge in [0.25, 0.3) is 7.52 Å². The van der Waals surface area contributed by atoms with E-state index in [0.29, 0.717) is 6.61 Å². The Morgan fingerprint density at radius 3 is 2.06 bits per heavy atom. The van der Waals surface area contributed by atoms with Crippen LogP contribution in [0.15, 0.2) is 0 Å². The molecule has 0 aromatic rings. The monoisotopic (exact) mass is 276 g/mol. The van der Waals surface area contributed by atoms with Crippen molar-refractivity contribution in [2.75, 3.05) is 39.8 Å². The maximum absolute atomic E-state index is 13.1. The van der Waals surface area contributed by atoms with Crippen LogP contribution in [-0.2, 0) is 9.09 Å². The summed E-state index contributed by atoms with van der Waals surface area (Å²) < 4.78 is 21.1. The van der Waals surface area contributed by atoms with E-state index in [1.165, 1.54) is 0 Å². The molecule has 0 aliphatic carbocycles. The molecule has 108 valence electrons. The van der Waals surface area contributed by atoms with Gasteiger partial charge in [0.1, 0.15) is 0 Å². The van der Waals surface area contributed by atoms with E-state index in [2.05, 4.69) is 37.4 Å². The van der Waals surface area contributed by atoms with Crippen molar-refractivity contribution in [3.63, 3.8) is 0 Å². The normalized spacial score (nSPS) is 23.3. The molecule has 1 fully saturated rings. The van der Waals surface area contributed by atoms with Crippen molar-refractivity contribution in [3.05, 3.63) is 0 Å². The van der Waals surface area contributed by atoms with Crippen LogP contribution in [0.25, 0.3) is 0 Å². The van der Waals surface area contributed by atoms with Crippen LogP contribution < -0.4 is 0 Å². The molecule has 1 heterocycles. The van der Waals surface area contributed by atoms with Crippen molar-refractivity contribution in [2.24, 2.45) is 5.41 Å². The first kappa shape index (κ1) is 16.2. The van der Waals surface area contributed by atoms with Gasteiger partial charge in [0, 0.05) is 31.8 Å². The zero-order chi connectivity index (χ0) is 14.0. The largest absolute Gasteiger partial charge is 0.317 e. The number of rotatable bonds is 4. The van der Waals surface area contributed by atoms with Crippen molar-refractivity contribution in [2.45, 2.75) is 40.3 Å². The first-order valence-corrected chi connectivity index (χ1v) is 8.48. The van der Waals surface area contributed by atoms with Crippen LogP contribution in [0, 0.1) is 5.41 Å². The summed E-state index contributed by atoms with van der Waals surface area (Å²) >= 11 is 0. The molecule has 0 spiro atoms. The third-order valence-electron chi connectivity index (χ3n) is 3.21. The summed E-state index contributed by atoms with van der Waals surface area (Å²) in [5, 5.41) is 0. The fourth-order valence-corrected chi connectivity index (χ4v) is 4.34. The third-order valence-corrected chi connectivity index (χ3v) is 6.20. The van der Waals surface area contributed by atoms with Gasteiger partial charge >= 0.3 is 0 Å². The van der Waals surface area contributed by atoms with Gasteiger partial charge in [0.05, 0.1) is 6.61 Å². The first-order valence-electron chi connectivity index (χ1n) is 6.83. The van der Waals surface area contributed by atoms with Crippen molar-refractivity contribution in [1.82, 2.24) is 9.57 Å². The number of hydrogen-bond acceptors (Lipinski definition) is 3. The smallest absolute Gasteiger partial charge is 0.274 e. The van der Waals surface area contributed by atoms with Crippen molar-refractivity contribution < 1.29 is 9.09 Å². The molecule has 0 aromatic heterocycles. The predicted molar refractivity (Wildman–Crippen MR) is 77.2 cm³/mol. The Morgan fingerprint density at radius 2 is 1.67 bits per heavy atom. The Balaban J connectivity index is 2.71. The molecule has 0 aromatic carbocycles.